The van der Waals surface area contributed by atoms with Crippen LogP contribution in [0.4, 0.5) is 0 Å². The average Bonchev–Trinajstić information content (AvgIpc) is 2.75. The minimum Gasteiger partial charge on any atom is -0.467 e. The summed E-state index contributed by atoms with van der Waals surface area (Å²) >= 11 is 1.79. The van der Waals surface area contributed by atoms with E-state index >= 15 is 0 Å². The van der Waals surface area contributed by atoms with Gasteiger partial charge in [0.2, 0.25) is 0 Å². The van der Waals surface area contributed by atoms with Crippen molar-refractivity contribution < 1.29 is 4.42 Å². The summed E-state index contributed by atoms with van der Waals surface area (Å²) in [6.45, 7) is 5.17. The topological polar surface area (TPSA) is 37.5 Å². The van der Waals surface area contributed by atoms with E-state index in [2.05, 4.69) is 24.2 Å². The molecule has 4 heteroatoms. The fourth-order valence-electron chi connectivity index (χ4n) is 1.35. The van der Waals surface area contributed by atoms with Crippen LogP contribution >= 0.6 is 11.8 Å². The fraction of sp³-hybridized carbons (Fsp3) is 0.500. The van der Waals surface area contributed by atoms with E-state index in [1.54, 1.807) is 18.0 Å². The zero-order chi connectivity index (χ0) is 9.97. The Morgan fingerprint density at radius 1 is 1.71 bits per heavy atom. The lowest BCUT2D eigenvalue weighted by Crippen LogP contribution is -2.22. The molecule has 1 aliphatic heterocycles. The van der Waals surface area contributed by atoms with Crippen molar-refractivity contribution >= 4 is 16.9 Å². The fourth-order valence-corrected chi connectivity index (χ4v) is 2.27. The summed E-state index contributed by atoms with van der Waals surface area (Å²) < 4.78 is 5.31. The van der Waals surface area contributed by atoms with Gasteiger partial charge in [-0.25, -0.2) is 0 Å². The molecular weight excluding hydrogens is 196 g/mol. The Morgan fingerprint density at radius 3 is 3.14 bits per heavy atom. The summed E-state index contributed by atoms with van der Waals surface area (Å²) in [6.07, 6.45) is 1.69. The molecule has 0 aromatic carbocycles. The van der Waals surface area contributed by atoms with E-state index in [0.717, 1.165) is 17.5 Å². The zero-order valence-electron chi connectivity index (χ0n) is 8.36. The van der Waals surface area contributed by atoms with Gasteiger partial charge >= 0.3 is 0 Å². The van der Waals surface area contributed by atoms with Crippen molar-refractivity contribution in [3.05, 3.63) is 24.2 Å². The lowest BCUT2D eigenvalue weighted by Gasteiger charge is -2.11. The van der Waals surface area contributed by atoms with E-state index < -0.39 is 0 Å². The van der Waals surface area contributed by atoms with Crippen LogP contribution < -0.4 is 5.32 Å². The lowest BCUT2D eigenvalue weighted by atomic mass is 10.3. The highest BCUT2D eigenvalue weighted by Gasteiger charge is 2.17. The summed E-state index contributed by atoms with van der Waals surface area (Å²) in [5, 5.41) is 4.96. The number of furan rings is 1. The van der Waals surface area contributed by atoms with E-state index in [1.807, 2.05) is 12.1 Å². The van der Waals surface area contributed by atoms with Crippen molar-refractivity contribution in [3.8, 4) is 0 Å². The maximum absolute atomic E-state index is 5.31. The van der Waals surface area contributed by atoms with Gasteiger partial charge < -0.3 is 9.73 Å². The number of rotatable bonds is 2. The van der Waals surface area contributed by atoms with Gasteiger partial charge in [-0.3, -0.25) is 4.99 Å². The second-order valence-electron chi connectivity index (χ2n) is 3.46. The highest BCUT2D eigenvalue weighted by Crippen LogP contribution is 2.21. The molecule has 1 aromatic heterocycles. The minimum atomic E-state index is 0.196. The van der Waals surface area contributed by atoms with Gasteiger partial charge in [-0.1, -0.05) is 18.7 Å². The first kappa shape index (κ1) is 9.65. The molecule has 0 spiro atoms. The summed E-state index contributed by atoms with van der Waals surface area (Å²) in [7, 11) is 0. The van der Waals surface area contributed by atoms with Crippen LogP contribution in [0.1, 0.15) is 25.6 Å². The Morgan fingerprint density at radius 2 is 2.57 bits per heavy atom. The normalized spacial score (nSPS) is 23.3. The maximum Gasteiger partial charge on any atom is 0.157 e. The molecule has 1 aromatic rings. The third-order valence-electron chi connectivity index (χ3n) is 2.11. The number of hydrogen-bond donors (Lipinski definition) is 1. The molecule has 0 radical (unpaired) electrons. The Kier molecular flexibility index (Phi) is 2.82. The first-order valence-corrected chi connectivity index (χ1v) is 5.64. The number of nitrogens with zero attached hydrogens (tertiary/aromatic N) is 1. The largest absolute Gasteiger partial charge is 0.467 e. The van der Waals surface area contributed by atoms with E-state index in [-0.39, 0.29) is 6.04 Å². The van der Waals surface area contributed by atoms with Crippen molar-refractivity contribution in [2.75, 3.05) is 6.54 Å². The van der Waals surface area contributed by atoms with Crippen LogP contribution in [0.25, 0.3) is 0 Å². The predicted octanol–water partition coefficient (Wildman–Crippen LogP) is 2.42. The van der Waals surface area contributed by atoms with Gasteiger partial charge in [0.25, 0.3) is 0 Å². The number of thioether (sulfide) groups is 1. The summed E-state index contributed by atoms with van der Waals surface area (Å²) in [5.41, 5.74) is 0. The predicted molar refractivity (Wildman–Crippen MR) is 59.6 cm³/mol. The van der Waals surface area contributed by atoms with Gasteiger partial charge in [-0.2, -0.15) is 0 Å². The molecular formula is C10H14N2OS. The average molecular weight is 210 g/mol. The number of nitrogens with one attached hydrogen (secondary N) is 1. The van der Waals surface area contributed by atoms with Gasteiger partial charge in [0, 0.05) is 5.25 Å². The molecule has 1 N–H and O–H groups in total. The number of aliphatic imine (C=N–C) groups is 1. The molecule has 0 fully saturated rings. The molecule has 2 heterocycles. The Hall–Kier alpha value is -0.900. The zero-order valence-corrected chi connectivity index (χ0v) is 9.17. The van der Waals surface area contributed by atoms with Crippen molar-refractivity contribution in [2.24, 2.45) is 4.99 Å². The summed E-state index contributed by atoms with van der Waals surface area (Å²) in [6, 6.07) is 4.07. The van der Waals surface area contributed by atoms with E-state index in [9.17, 15) is 0 Å². The number of hydrogen-bond acceptors (Lipinski definition) is 4. The molecule has 2 atom stereocenters. The monoisotopic (exact) mass is 210 g/mol. The molecule has 2 unspecified atom stereocenters. The van der Waals surface area contributed by atoms with Crippen molar-refractivity contribution in [2.45, 2.75) is 25.1 Å². The first-order valence-electron chi connectivity index (χ1n) is 4.77. The van der Waals surface area contributed by atoms with E-state index in [4.69, 9.17) is 4.42 Å². The highest BCUT2D eigenvalue weighted by atomic mass is 32.2. The second kappa shape index (κ2) is 4.09. The maximum atomic E-state index is 5.31. The summed E-state index contributed by atoms with van der Waals surface area (Å²) in [5.74, 6) is 0.952. The molecule has 0 amide bonds. The van der Waals surface area contributed by atoms with Crippen LogP contribution in [0.3, 0.4) is 0 Å². The Balaban J connectivity index is 1.92. The minimum absolute atomic E-state index is 0.196. The quantitative estimate of drug-likeness (QED) is 0.814. The smallest absolute Gasteiger partial charge is 0.157 e. The lowest BCUT2D eigenvalue weighted by molar-refractivity contribution is 0.464. The van der Waals surface area contributed by atoms with E-state index in [1.165, 1.54) is 0 Å². The van der Waals surface area contributed by atoms with Crippen molar-refractivity contribution in [3.63, 3.8) is 0 Å². The highest BCUT2D eigenvalue weighted by molar-refractivity contribution is 8.14. The standard InChI is InChI=1S/C10H14N2OS/c1-7-6-11-10(14-7)12-8(2)9-4-3-5-13-9/h3-5,7-8H,6H2,1-2H3,(H,11,12). The van der Waals surface area contributed by atoms with Crippen LogP contribution in [0.15, 0.2) is 27.8 Å². The molecule has 0 saturated heterocycles. The van der Waals surface area contributed by atoms with Crippen LogP contribution in [0, 0.1) is 0 Å². The molecule has 0 aliphatic carbocycles. The Labute approximate surface area is 88.0 Å². The Bertz CT molecular complexity index is 321. The molecule has 14 heavy (non-hydrogen) atoms. The third kappa shape index (κ3) is 2.12. The molecule has 0 saturated carbocycles. The second-order valence-corrected chi connectivity index (χ2v) is 4.88. The molecule has 76 valence electrons. The van der Waals surface area contributed by atoms with Crippen LogP contribution in [0.5, 0.6) is 0 Å². The van der Waals surface area contributed by atoms with Gasteiger partial charge in [0.1, 0.15) is 5.76 Å². The summed E-state index contributed by atoms with van der Waals surface area (Å²) in [4.78, 5) is 4.39. The molecule has 0 bridgehead atoms. The third-order valence-corrected chi connectivity index (χ3v) is 3.14. The number of amidine groups is 1. The van der Waals surface area contributed by atoms with Crippen LogP contribution in [-0.4, -0.2) is 17.0 Å². The molecule has 3 nitrogen and oxygen atoms in total. The van der Waals surface area contributed by atoms with Gasteiger partial charge in [-0.15, -0.1) is 0 Å². The van der Waals surface area contributed by atoms with Crippen LogP contribution in [0.2, 0.25) is 0 Å². The van der Waals surface area contributed by atoms with Gasteiger partial charge in [0.05, 0.1) is 18.8 Å². The SMILES string of the molecule is CC1CN=C(NC(C)c2ccco2)S1. The van der Waals surface area contributed by atoms with Gasteiger partial charge in [0.15, 0.2) is 5.17 Å². The van der Waals surface area contributed by atoms with Crippen LogP contribution in [-0.2, 0) is 0 Å². The van der Waals surface area contributed by atoms with Gasteiger partial charge in [-0.05, 0) is 19.1 Å². The first-order chi connectivity index (χ1) is 6.75. The van der Waals surface area contributed by atoms with Crippen molar-refractivity contribution in [1.82, 2.24) is 5.32 Å². The molecule has 1 aliphatic rings. The van der Waals surface area contributed by atoms with E-state index in [0.29, 0.717) is 5.25 Å². The van der Waals surface area contributed by atoms with Crippen molar-refractivity contribution in [1.29, 1.82) is 0 Å². The molecule has 2 rings (SSSR count).